The Labute approximate surface area is 176 Å². The Hall–Kier alpha value is -0.960. The second kappa shape index (κ2) is 9.45. The van der Waals surface area contributed by atoms with Gasteiger partial charge in [-0.15, -0.1) is 0 Å². The summed E-state index contributed by atoms with van der Waals surface area (Å²) < 4.78 is 29.4. The maximum Gasteiger partial charge on any atom is 0.472 e. The zero-order valence-corrected chi connectivity index (χ0v) is 17.7. The molecule has 1 aliphatic rings. The molecule has 2 aromatic rings. The quantitative estimate of drug-likeness (QED) is 0.212. The maximum absolute atomic E-state index is 12.1. The van der Waals surface area contributed by atoms with Crippen LogP contribution in [0.5, 0.6) is 0 Å². The summed E-state index contributed by atoms with van der Waals surface area (Å²) in [5.74, 6) is 0.219. The highest BCUT2D eigenvalue weighted by Gasteiger charge is 2.38. The topological polar surface area (TPSA) is 175 Å². The zero-order chi connectivity index (χ0) is 21.2. The fourth-order valence-electron chi connectivity index (χ4n) is 2.83. The summed E-state index contributed by atoms with van der Waals surface area (Å²) in [6.45, 7) is -0.411. The first-order chi connectivity index (χ1) is 13.8. The van der Waals surface area contributed by atoms with E-state index in [1.807, 2.05) is 0 Å². The number of aromatic nitrogens is 4. The van der Waals surface area contributed by atoms with Crippen molar-refractivity contribution >= 4 is 50.1 Å². The molecule has 0 amide bonds. The molecule has 0 aliphatic carbocycles. The van der Waals surface area contributed by atoms with Crippen LogP contribution in [0.2, 0.25) is 0 Å². The number of fused-ring (bicyclic) bond motifs is 1. The molecule has 0 bridgehead atoms. The molecule has 1 fully saturated rings. The van der Waals surface area contributed by atoms with Crippen molar-refractivity contribution in [2.24, 2.45) is 0 Å². The average Bonchev–Trinajstić information content (AvgIpc) is 3.28. The highest BCUT2D eigenvalue weighted by molar-refractivity contribution is 7.80. The third-order valence-corrected chi connectivity index (χ3v) is 6.11. The molecule has 0 radical (unpaired) electrons. The highest BCUT2D eigenvalue weighted by Crippen LogP contribution is 2.46. The van der Waals surface area contributed by atoms with Gasteiger partial charge in [0, 0.05) is 17.9 Å². The maximum atomic E-state index is 12.1. The summed E-state index contributed by atoms with van der Waals surface area (Å²) in [5.41, 5.74) is 6.60. The molecular weight excluding hydrogens is 445 g/mol. The van der Waals surface area contributed by atoms with Gasteiger partial charge in [0.05, 0.1) is 25.1 Å². The lowest BCUT2D eigenvalue weighted by atomic mass is 10.2. The number of nitrogen functional groups attached to an aromatic ring is 1. The number of imidazole rings is 1. The van der Waals surface area contributed by atoms with E-state index in [4.69, 9.17) is 19.5 Å². The van der Waals surface area contributed by atoms with Crippen LogP contribution in [0.15, 0.2) is 12.7 Å². The summed E-state index contributed by atoms with van der Waals surface area (Å²) in [4.78, 5) is 22.0. The smallest absolute Gasteiger partial charge is 0.390 e. The lowest BCUT2D eigenvalue weighted by Gasteiger charge is -2.23. The number of phosphoric acid groups is 1. The number of anilines is 1. The van der Waals surface area contributed by atoms with Crippen LogP contribution in [-0.4, -0.2) is 77.2 Å². The lowest BCUT2D eigenvalue weighted by molar-refractivity contribution is -0.0477. The molecule has 0 saturated carbocycles. The van der Waals surface area contributed by atoms with E-state index in [9.17, 15) is 19.7 Å². The Kier molecular flexibility index (Phi) is 7.41. The number of thiol groups is 2. The van der Waals surface area contributed by atoms with Gasteiger partial charge in [-0.05, 0) is 0 Å². The average molecular weight is 467 g/mol. The van der Waals surface area contributed by atoms with Gasteiger partial charge in [0.25, 0.3) is 0 Å². The van der Waals surface area contributed by atoms with Crippen molar-refractivity contribution in [2.75, 3.05) is 23.8 Å². The summed E-state index contributed by atoms with van der Waals surface area (Å²) in [5, 5.41) is 20.0. The molecule has 29 heavy (non-hydrogen) atoms. The van der Waals surface area contributed by atoms with Crippen molar-refractivity contribution in [3.63, 3.8) is 0 Å². The molecule has 12 nitrogen and oxygen atoms in total. The van der Waals surface area contributed by atoms with Gasteiger partial charge in [-0.1, -0.05) is 0 Å². The molecule has 1 saturated heterocycles. The molecule has 3 heterocycles. The predicted octanol–water partition coefficient (Wildman–Crippen LogP) is -0.220. The van der Waals surface area contributed by atoms with Crippen LogP contribution in [0, 0.1) is 0 Å². The lowest BCUT2D eigenvalue weighted by Crippen LogP contribution is -2.32. The fourth-order valence-corrected chi connectivity index (χ4v) is 4.45. The molecular formula is C14H22N5O7PS2. The van der Waals surface area contributed by atoms with E-state index in [1.165, 1.54) is 12.7 Å². The number of rotatable bonds is 9. The number of ether oxygens (including phenoxy) is 1. The van der Waals surface area contributed by atoms with Gasteiger partial charge in [0.1, 0.15) is 30.3 Å². The van der Waals surface area contributed by atoms with E-state index in [0.29, 0.717) is 11.2 Å². The van der Waals surface area contributed by atoms with Crippen molar-refractivity contribution in [1.82, 2.24) is 19.5 Å². The van der Waals surface area contributed by atoms with Crippen molar-refractivity contribution in [2.45, 2.75) is 37.1 Å². The fraction of sp³-hybridized carbons (Fsp3) is 0.643. The predicted molar refractivity (Wildman–Crippen MR) is 109 cm³/mol. The molecule has 162 valence electrons. The number of nitrogens with zero attached hydrogens (tertiary/aromatic N) is 4. The molecule has 15 heteroatoms. The van der Waals surface area contributed by atoms with Crippen molar-refractivity contribution in [1.29, 1.82) is 0 Å². The standard InChI is InChI=1S/C14H22N5O7PS2/c15-13-12-14(17-5-16-13)19(6-18-12)11-1-7(20)9(25-11)2-24-27(22,23)26-10(4-29)8(21)3-28/h5-11,20-21,28-29H,1-4H2,(H,22,23)(H2,15,16,17)/t7-,8?,9+,10?,11+/m0/s1. The van der Waals surface area contributed by atoms with Crippen LogP contribution in [-0.2, 0) is 18.3 Å². The van der Waals surface area contributed by atoms with Crippen LogP contribution in [0.25, 0.3) is 11.2 Å². The summed E-state index contributed by atoms with van der Waals surface area (Å²) in [6, 6.07) is 0. The Balaban J connectivity index is 1.62. The van der Waals surface area contributed by atoms with Crippen LogP contribution in [0.1, 0.15) is 12.6 Å². The highest BCUT2D eigenvalue weighted by atomic mass is 32.1. The summed E-state index contributed by atoms with van der Waals surface area (Å²) >= 11 is 7.88. The molecule has 2 aromatic heterocycles. The van der Waals surface area contributed by atoms with Gasteiger partial charge in [0.2, 0.25) is 0 Å². The van der Waals surface area contributed by atoms with Crippen LogP contribution < -0.4 is 5.73 Å². The van der Waals surface area contributed by atoms with Gasteiger partial charge in [-0.3, -0.25) is 13.6 Å². The molecule has 3 unspecified atom stereocenters. The van der Waals surface area contributed by atoms with Crippen LogP contribution in [0.3, 0.4) is 0 Å². The SMILES string of the molecule is Nc1ncnc2c1ncn2[C@H]1C[C@H](O)[C@@H](COP(=O)(O)OC(CS)C(O)CS)O1. The summed E-state index contributed by atoms with van der Waals surface area (Å²) in [7, 11) is -4.53. The zero-order valence-electron chi connectivity index (χ0n) is 15.1. The van der Waals surface area contributed by atoms with Gasteiger partial charge >= 0.3 is 7.82 Å². The molecule has 0 spiro atoms. The molecule has 6 atom stereocenters. The van der Waals surface area contributed by atoms with Crippen molar-refractivity contribution in [3.8, 4) is 0 Å². The van der Waals surface area contributed by atoms with E-state index in [0.717, 1.165) is 0 Å². The van der Waals surface area contributed by atoms with E-state index in [1.54, 1.807) is 4.57 Å². The van der Waals surface area contributed by atoms with E-state index in [2.05, 4.69) is 40.2 Å². The van der Waals surface area contributed by atoms with Gasteiger partial charge in [-0.2, -0.15) is 25.3 Å². The first-order valence-corrected chi connectivity index (χ1v) is 11.3. The molecule has 3 rings (SSSR count). The first kappa shape index (κ1) is 22.7. The second-order valence-electron chi connectivity index (χ2n) is 6.36. The number of nitrogens with two attached hydrogens (primary N) is 1. The first-order valence-electron chi connectivity index (χ1n) is 8.57. The minimum Gasteiger partial charge on any atom is -0.390 e. The number of aliphatic hydroxyl groups excluding tert-OH is 2. The largest absolute Gasteiger partial charge is 0.472 e. The van der Waals surface area contributed by atoms with Gasteiger partial charge in [-0.25, -0.2) is 19.5 Å². The molecule has 0 aromatic carbocycles. The van der Waals surface area contributed by atoms with E-state index >= 15 is 0 Å². The second-order valence-corrected chi connectivity index (χ2v) is 8.49. The summed E-state index contributed by atoms with van der Waals surface area (Å²) in [6.07, 6.45) is -1.71. The Morgan fingerprint density at radius 2 is 2.14 bits per heavy atom. The number of hydrogen-bond acceptors (Lipinski definition) is 12. The van der Waals surface area contributed by atoms with Crippen LogP contribution in [0.4, 0.5) is 5.82 Å². The Morgan fingerprint density at radius 3 is 2.83 bits per heavy atom. The number of phosphoric ester groups is 1. The number of aliphatic hydroxyl groups is 2. The minimum atomic E-state index is -4.53. The van der Waals surface area contributed by atoms with Crippen molar-refractivity contribution in [3.05, 3.63) is 12.7 Å². The van der Waals surface area contributed by atoms with Gasteiger partial charge < -0.3 is 25.6 Å². The molecule has 1 aliphatic heterocycles. The Morgan fingerprint density at radius 1 is 1.38 bits per heavy atom. The van der Waals surface area contributed by atoms with E-state index < -0.39 is 45.1 Å². The van der Waals surface area contributed by atoms with E-state index in [-0.39, 0.29) is 23.7 Å². The normalized spacial score (nSPS) is 26.4. The third-order valence-electron chi connectivity index (χ3n) is 4.37. The molecule has 5 N–H and O–H groups in total. The third kappa shape index (κ3) is 5.21. The monoisotopic (exact) mass is 467 g/mol. The number of hydrogen-bond donors (Lipinski definition) is 6. The van der Waals surface area contributed by atoms with Crippen molar-refractivity contribution < 1.29 is 33.5 Å². The Bertz CT molecular complexity index is 889. The van der Waals surface area contributed by atoms with Gasteiger partial charge in [0.15, 0.2) is 11.5 Å². The van der Waals surface area contributed by atoms with Crippen LogP contribution >= 0.6 is 33.1 Å². The minimum absolute atomic E-state index is 0.0149.